The lowest BCUT2D eigenvalue weighted by atomic mass is 10.0. The molecular formula is C20H22ClN5OS. The summed E-state index contributed by atoms with van der Waals surface area (Å²) in [6, 6.07) is 13.3. The second-order valence-electron chi connectivity index (χ2n) is 6.61. The molecule has 0 unspecified atom stereocenters. The number of aromatic nitrogens is 3. The zero-order chi connectivity index (χ0) is 20.3. The van der Waals surface area contributed by atoms with E-state index < -0.39 is 0 Å². The fourth-order valence-corrected chi connectivity index (χ4v) is 3.59. The molecule has 1 amide bonds. The molecule has 1 heterocycles. The molecule has 0 saturated carbocycles. The maximum Gasteiger partial charge on any atom is 0.230 e. The first kappa shape index (κ1) is 20.2. The van der Waals surface area contributed by atoms with Gasteiger partial charge in [-0.3, -0.25) is 4.79 Å². The molecule has 8 heteroatoms. The van der Waals surface area contributed by atoms with Gasteiger partial charge in [0.15, 0.2) is 5.82 Å². The molecule has 0 aliphatic carbocycles. The molecule has 0 spiro atoms. The number of rotatable bonds is 6. The molecule has 146 valence electrons. The molecule has 0 aliphatic heterocycles. The normalized spacial score (nSPS) is 12.0. The van der Waals surface area contributed by atoms with Crippen LogP contribution in [0.3, 0.4) is 0 Å². The number of thioether (sulfide) groups is 1. The minimum absolute atomic E-state index is 0.0785. The number of carbonyl (C=O) groups excluding carboxylic acids is 1. The molecule has 0 radical (unpaired) electrons. The summed E-state index contributed by atoms with van der Waals surface area (Å²) in [5.41, 5.74) is 4.28. The Balaban J connectivity index is 1.61. The van der Waals surface area contributed by atoms with Crippen LogP contribution in [0.1, 0.15) is 29.7 Å². The van der Waals surface area contributed by atoms with Crippen LogP contribution in [-0.2, 0) is 4.79 Å². The standard InChI is InChI=1S/C20H22ClN5OS/c1-12-7-8-15(9-13(12)2)14(3)23-18(27)11-28-20-25-24-19(26(20)22)16-5-4-6-17(21)10-16/h4-10,14H,11,22H2,1-3H3,(H,23,27)/t14-/m1/s1. The van der Waals surface area contributed by atoms with E-state index >= 15 is 0 Å². The van der Waals surface area contributed by atoms with Gasteiger partial charge < -0.3 is 11.2 Å². The molecule has 0 bridgehead atoms. The average molecular weight is 416 g/mol. The van der Waals surface area contributed by atoms with E-state index in [-0.39, 0.29) is 17.7 Å². The number of aryl methyl sites for hydroxylation is 2. The van der Waals surface area contributed by atoms with Crippen molar-refractivity contribution in [1.82, 2.24) is 20.2 Å². The molecule has 6 nitrogen and oxygen atoms in total. The third kappa shape index (κ3) is 4.66. The highest BCUT2D eigenvalue weighted by Crippen LogP contribution is 2.24. The third-order valence-corrected chi connectivity index (χ3v) is 5.67. The van der Waals surface area contributed by atoms with Crippen LogP contribution >= 0.6 is 23.4 Å². The van der Waals surface area contributed by atoms with Gasteiger partial charge in [0.05, 0.1) is 11.8 Å². The van der Waals surface area contributed by atoms with Crippen molar-refractivity contribution in [2.75, 3.05) is 11.6 Å². The second-order valence-corrected chi connectivity index (χ2v) is 7.99. The molecule has 0 fully saturated rings. The molecule has 28 heavy (non-hydrogen) atoms. The third-order valence-electron chi connectivity index (χ3n) is 4.49. The summed E-state index contributed by atoms with van der Waals surface area (Å²) >= 11 is 7.25. The molecule has 1 atom stereocenters. The Kier molecular flexibility index (Phi) is 6.26. The van der Waals surface area contributed by atoms with E-state index in [0.29, 0.717) is 16.0 Å². The van der Waals surface area contributed by atoms with Crippen LogP contribution in [0.5, 0.6) is 0 Å². The highest BCUT2D eigenvalue weighted by molar-refractivity contribution is 7.99. The minimum atomic E-state index is -0.0944. The lowest BCUT2D eigenvalue weighted by molar-refractivity contribution is -0.119. The quantitative estimate of drug-likeness (QED) is 0.471. The van der Waals surface area contributed by atoms with Crippen LogP contribution in [0, 0.1) is 13.8 Å². The molecular weight excluding hydrogens is 394 g/mol. The van der Waals surface area contributed by atoms with Crippen molar-refractivity contribution in [3.63, 3.8) is 0 Å². The highest BCUT2D eigenvalue weighted by Gasteiger charge is 2.15. The van der Waals surface area contributed by atoms with Crippen LogP contribution in [0.25, 0.3) is 11.4 Å². The van der Waals surface area contributed by atoms with Crippen molar-refractivity contribution in [2.24, 2.45) is 0 Å². The van der Waals surface area contributed by atoms with Crippen molar-refractivity contribution in [3.05, 3.63) is 64.2 Å². The van der Waals surface area contributed by atoms with E-state index in [1.807, 2.05) is 25.1 Å². The summed E-state index contributed by atoms with van der Waals surface area (Å²) < 4.78 is 1.37. The van der Waals surface area contributed by atoms with Crippen molar-refractivity contribution in [1.29, 1.82) is 0 Å². The first-order chi connectivity index (χ1) is 13.3. The summed E-state index contributed by atoms with van der Waals surface area (Å²) in [4.78, 5) is 12.3. The summed E-state index contributed by atoms with van der Waals surface area (Å²) in [5, 5.41) is 12.2. The molecule has 2 aromatic carbocycles. The fourth-order valence-electron chi connectivity index (χ4n) is 2.73. The maximum absolute atomic E-state index is 12.3. The number of carbonyl (C=O) groups is 1. The number of hydrogen-bond donors (Lipinski definition) is 2. The van der Waals surface area contributed by atoms with Gasteiger partial charge in [0.25, 0.3) is 0 Å². The largest absolute Gasteiger partial charge is 0.349 e. The lowest BCUT2D eigenvalue weighted by Crippen LogP contribution is -2.28. The van der Waals surface area contributed by atoms with E-state index in [1.165, 1.54) is 27.6 Å². The van der Waals surface area contributed by atoms with Gasteiger partial charge in [-0.1, -0.05) is 53.7 Å². The van der Waals surface area contributed by atoms with E-state index in [1.54, 1.807) is 12.1 Å². The van der Waals surface area contributed by atoms with Gasteiger partial charge in [-0.15, -0.1) is 10.2 Å². The van der Waals surface area contributed by atoms with Crippen LogP contribution in [0.15, 0.2) is 47.6 Å². The zero-order valence-electron chi connectivity index (χ0n) is 15.9. The molecule has 3 N–H and O–H groups in total. The summed E-state index contributed by atoms with van der Waals surface area (Å²) in [5.74, 6) is 6.69. The Morgan fingerprint density at radius 2 is 2.00 bits per heavy atom. The highest BCUT2D eigenvalue weighted by atomic mass is 35.5. The summed E-state index contributed by atoms with van der Waals surface area (Å²) in [6.07, 6.45) is 0. The Labute approximate surface area is 173 Å². The summed E-state index contributed by atoms with van der Waals surface area (Å²) in [6.45, 7) is 6.10. The Hall–Kier alpha value is -2.51. The van der Waals surface area contributed by atoms with Gasteiger partial charge in [-0.25, -0.2) is 4.68 Å². The Morgan fingerprint density at radius 1 is 1.21 bits per heavy atom. The first-order valence-corrected chi connectivity index (χ1v) is 10.2. The Bertz CT molecular complexity index is 1000. The van der Waals surface area contributed by atoms with Gasteiger partial charge in [0, 0.05) is 10.6 Å². The van der Waals surface area contributed by atoms with Crippen molar-refractivity contribution in [2.45, 2.75) is 32.0 Å². The van der Waals surface area contributed by atoms with E-state index in [4.69, 9.17) is 17.4 Å². The number of nitrogens with two attached hydrogens (primary N) is 1. The van der Waals surface area contributed by atoms with Crippen LogP contribution in [0.4, 0.5) is 0 Å². The minimum Gasteiger partial charge on any atom is -0.349 e. The Morgan fingerprint density at radius 3 is 2.71 bits per heavy atom. The monoisotopic (exact) mass is 415 g/mol. The molecule has 0 saturated heterocycles. The first-order valence-electron chi connectivity index (χ1n) is 8.81. The zero-order valence-corrected chi connectivity index (χ0v) is 17.5. The topological polar surface area (TPSA) is 85.8 Å². The number of halogens is 1. The molecule has 1 aromatic heterocycles. The van der Waals surface area contributed by atoms with E-state index in [2.05, 4.69) is 41.5 Å². The second kappa shape index (κ2) is 8.67. The maximum atomic E-state index is 12.3. The molecule has 3 rings (SSSR count). The van der Waals surface area contributed by atoms with Crippen molar-refractivity contribution >= 4 is 29.3 Å². The van der Waals surface area contributed by atoms with E-state index in [0.717, 1.165) is 11.1 Å². The average Bonchev–Trinajstić information content (AvgIpc) is 3.02. The molecule has 3 aromatic rings. The van der Waals surface area contributed by atoms with Gasteiger partial charge >= 0.3 is 0 Å². The van der Waals surface area contributed by atoms with Crippen LogP contribution in [-0.4, -0.2) is 26.5 Å². The SMILES string of the molecule is Cc1ccc([C@@H](C)NC(=O)CSc2nnc(-c3cccc(Cl)c3)n2N)cc1C. The van der Waals surface area contributed by atoms with Gasteiger partial charge in [0.1, 0.15) is 0 Å². The molecule has 0 aliphatic rings. The number of nitrogens with zero attached hydrogens (tertiary/aromatic N) is 3. The number of nitrogen functional groups attached to an aromatic ring is 1. The van der Waals surface area contributed by atoms with Gasteiger partial charge in [-0.05, 0) is 49.6 Å². The van der Waals surface area contributed by atoms with Gasteiger partial charge in [0.2, 0.25) is 11.1 Å². The fraction of sp³-hybridized carbons (Fsp3) is 0.250. The number of nitrogens with one attached hydrogen (secondary N) is 1. The predicted molar refractivity (Wildman–Crippen MR) is 114 cm³/mol. The van der Waals surface area contributed by atoms with Crippen molar-refractivity contribution < 1.29 is 4.79 Å². The number of amides is 1. The van der Waals surface area contributed by atoms with Crippen LogP contribution in [0.2, 0.25) is 5.02 Å². The number of hydrogen-bond acceptors (Lipinski definition) is 5. The van der Waals surface area contributed by atoms with E-state index in [9.17, 15) is 4.79 Å². The van der Waals surface area contributed by atoms with Gasteiger partial charge in [-0.2, -0.15) is 0 Å². The number of benzene rings is 2. The summed E-state index contributed by atoms with van der Waals surface area (Å²) in [7, 11) is 0. The predicted octanol–water partition coefficient (Wildman–Crippen LogP) is 3.90. The smallest absolute Gasteiger partial charge is 0.230 e. The lowest BCUT2D eigenvalue weighted by Gasteiger charge is -2.15. The van der Waals surface area contributed by atoms with Crippen LogP contribution < -0.4 is 11.2 Å². The van der Waals surface area contributed by atoms with Crippen molar-refractivity contribution in [3.8, 4) is 11.4 Å².